The molecule has 0 bridgehead atoms. The molecule has 0 amide bonds. The van der Waals surface area contributed by atoms with E-state index in [1.165, 1.54) is 5.56 Å². The minimum Gasteiger partial charge on any atom is -0.289 e. The van der Waals surface area contributed by atoms with Crippen LogP contribution in [-0.4, -0.2) is 5.78 Å². The van der Waals surface area contributed by atoms with Crippen LogP contribution >= 0.6 is 0 Å². The summed E-state index contributed by atoms with van der Waals surface area (Å²) in [6.07, 6.45) is 5.35. The lowest BCUT2D eigenvalue weighted by Crippen LogP contribution is -2.02. The highest BCUT2D eigenvalue weighted by atomic mass is 16.1. The van der Waals surface area contributed by atoms with Crippen LogP contribution in [0.5, 0.6) is 0 Å². The molecule has 0 saturated carbocycles. The molecule has 1 heteroatoms. The van der Waals surface area contributed by atoms with E-state index in [1.807, 2.05) is 58.0 Å². The Kier molecular flexibility index (Phi) is 4.85. The van der Waals surface area contributed by atoms with Gasteiger partial charge in [0.15, 0.2) is 5.78 Å². The third-order valence-corrected chi connectivity index (χ3v) is 2.85. The zero-order chi connectivity index (χ0) is 13.7. The number of allylic oxidation sites excluding steroid dienone is 5. The Bertz CT molecular complexity index is 527. The van der Waals surface area contributed by atoms with E-state index in [0.717, 1.165) is 11.1 Å². The average molecular weight is 240 g/mol. The molecule has 1 aromatic carbocycles. The number of benzene rings is 1. The van der Waals surface area contributed by atoms with Gasteiger partial charge in [-0.15, -0.1) is 0 Å². The Morgan fingerprint density at radius 3 is 2.28 bits per heavy atom. The van der Waals surface area contributed by atoms with Crippen molar-refractivity contribution in [3.8, 4) is 0 Å². The summed E-state index contributed by atoms with van der Waals surface area (Å²) in [5.74, 6) is 0.0191. The predicted molar refractivity (Wildman–Crippen MR) is 78.0 cm³/mol. The third-order valence-electron chi connectivity index (χ3n) is 2.85. The third kappa shape index (κ3) is 3.56. The van der Waals surface area contributed by atoms with Gasteiger partial charge in [-0.05, 0) is 44.9 Å². The number of carbonyl (C=O) groups excluding carboxylic acids is 1. The fraction of sp³-hybridized carbons (Fsp3) is 0.235. The molecule has 94 valence electrons. The Labute approximate surface area is 110 Å². The second-order valence-corrected chi connectivity index (χ2v) is 4.70. The van der Waals surface area contributed by atoms with Crippen molar-refractivity contribution in [2.45, 2.75) is 27.7 Å². The second-order valence-electron chi connectivity index (χ2n) is 4.70. The van der Waals surface area contributed by atoms with Crippen molar-refractivity contribution in [1.82, 2.24) is 0 Å². The van der Waals surface area contributed by atoms with Gasteiger partial charge in [-0.3, -0.25) is 4.79 Å². The van der Waals surface area contributed by atoms with Gasteiger partial charge in [0.1, 0.15) is 0 Å². The van der Waals surface area contributed by atoms with Crippen molar-refractivity contribution in [1.29, 1.82) is 0 Å². The minimum absolute atomic E-state index is 0.0191. The molecule has 1 aromatic rings. The monoisotopic (exact) mass is 240 g/mol. The van der Waals surface area contributed by atoms with Gasteiger partial charge in [-0.1, -0.05) is 42.5 Å². The molecule has 0 radical (unpaired) electrons. The van der Waals surface area contributed by atoms with E-state index in [4.69, 9.17) is 0 Å². The van der Waals surface area contributed by atoms with Crippen molar-refractivity contribution < 1.29 is 4.79 Å². The van der Waals surface area contributed by atoms with Crippen LogP contribution in [0.15, 0.2) is 54.2 Å². The van der Waals surface area contributed by atoms with Gasteiger partial charge in [-0.25, -0.2) is 0 Å². The Morgan fingerprint density at radius 1 is 1.11 bits per heavy atom. The first kappa shape index (κ1) is 14.2. The van der Waals surface area contributed by atoms with Gasteiger partial charge >= 0.3 is 0 Å². The second kappa shape index (κ2) is 6.15. The van der Waals surface area contributed by atoms with E-state index in [0.29, 0.717) is 11.1 Å². The predicted octanol–water partition coefficient (Wildman–Crippen LogP) is 4.56. The zero-order valence-corrected chi connectivity index (χ0v) is 11.6. The highest BCUT2D eigenvalue weighted by molar-refractivity contribution is 6.10. The van der Waals surface area contributed by atoms with Crippen LogP contribution in [0.3, 0.4) is 0 Å². The van der Waals surface area contributed by atoms with Crippen LogP contribution in [0.2, 0.25) is 0 Å². The lowest BCUT2D eigenvalue weighted by molar-refractivity contribution is 0.103. The molecule has 0 heterocycles. The summed E-state index contributed by atoms with van der Waals surface area (Å²) >= 11 is 0. The van der Waals surface area contributed by atoms with Crippen LogP contribution in [0, 0.1) is 13.8 Å². The van der Waals surface area contributed by atoms with Gasteiger partial charge < -0.3 is 0 Å². The van der Waals surface area contributed by atoms with Crippen LogP contribution < -0.4 is 0 Å². The first-order chi connectivity index (χ1) is 8.45. The van der Waals surface area contributed by atoms with Gasteiger partial charge in [0, 0.05) is 11.1 Å². The smallest absolute Gasteiger partial charge is 0.193 e. The lowest BCUT2D eigenvalue weighted by Gasteiger charge is -2.05. The number of Topliss-reactive ketones (excluding diaryl/α,β-unsaturated/α-hetero) is 1. The van der Waals surface area contributed by atoms with Crippen molar-refractivity contribution >= 4 is 5.78 Å². The molecule has 0 aliphatic rings. The van der Waals surface area contributed by atoms with E-state index < -0.39 is 0 Å². The van der Waals surface area contributed by atoms with E-state index in [9.17, 15) is 4.79 Å². The highest BCUT2D eigenvalue weighted by Crippen LogP contribution is 2.14. The zero-order valence-electron chi connectivity index (χ0n) is 11.6. The Hall–Kier alpha value is -1.89. The maximum absolute atomic E-state index is 12.3. The fourth-order valence-corrected chi connectivity index (χ4v) is 1.54. The van der Waals surface area contributed by atoms with E-state index in [2.05, 4.69) is 6.58 Å². The molecule has 0 aliphatic heterocycles. The average Bonchev–Trinajstić information content (AvgIpc) is 2.32. The van der Waals surface area contributed by atoms with E-state index in [-0.39, 0.29) is 5.78 Å². The maximum atomic E-state index is 12.3. The van der Waals surface area contributed by atoms with Crippen molar-refractivity contribution in [3.63, 3.8) is 0 Å². The number of rotatable bonds is 4. The summed E-state index contributed by atoms with van der Waals surface area (Å²) < 4.78 is 0. The summed E-state index contributed by atoms with van der Waals surface area (Å²) in [6, 6.07) is 5.77. The summed E-state index contributed by atoms with van der Waals surface area (Å²) in [4.78, 5) is 12.3. The van der Waals surface area contributed by atoms with E-state index in [1.54, 1.807) is 6.08 Å². The molecule has 0 aliphatic carbocycles. The standard InChI is InChI=1S/C17H20O/c1-6-15(9-7-12(2)3)17(18)16-10-8-13(4)14(5)11-16/h6-11H,1H2,2-5H3/b15-9+. The van der Waals surface area contributed by atoms with Crippen LogP contribution in [0.25, 0.3) is 0 Å². The number of hydrogen-bond acceptors (Lipinski definition) is 1. The van der Waals surface area contributed by atoms with Crippen molar-refractivity contribution in [2.24, 2.45) is 0 Å². The van der Waals surface area contributed by atoms with E-state index >= 15 is 0 Å². The first-order valence-corrected chi connectivity index (χ1v) is 6.05. The lowest BCUT2D eigenvalue weighted by atomic mass is 9.99. The normalized spacial score (nSPS) is 11.0. The summed E-state index contributed by atoms with van der Waals surface area (Å²) in [5, 5.41) is 0. The molecule has 0 fully saturated rings. The summed E-state index contributed by atoms with van der Waals surface area (Å²) in [7, 11) is 0. The highest BCUT2D eigenvalue weighted by Gasteiger charge is 2.09. The molecule has 0 saturated heterocycles. The van der Waals surface area contributed by atoms with Gasteiger partial charge in [0.25, 0.3) is 0 Å². The minimum atomic E-state index is 0.0191. The molecule has 0 unspecified atom stereocenters. The van der Waals surface area contributed by atoms with Crippen LogP contribution in [-0.2, 0) is 0 Å². The van der Waals surface area contributed by atoms with Gasteiger partial charge in [0.05, 0.1) is 0 Å². The molecule has 0 atom stereocenters. The van der Waals surface area contributed by atoms with Crippen molar-refractivity contribution in [2.75, 3.05) is 0 Å². The fourth-order valence-electron chi connectivity index (χ4n) is 1.54. The molecular weight excluding hydrogens is 220 g/mol. The molecule has 0 N–H and O–H groups in total. The van der Waals surface area contributed by atoms with Crippen molar-refractivity contribution in [3.05, 3.63) is 70.8 Å². The Morgan fingerprint density at radius 2 is 1.78 bits per heavy atom. The Balaban J connectivity index is 3.11. The van der Waals surface area contributed by atoms with Crippen LogP contribution in [0.1, 0.15) is 35.3 Å². The number of aryl methyl sites for hydroxylation is 2. The first-order valence-electron chi connectivity index (χ1n) is 6.05. The molecular formula is C17H20O. The van der Waals surface area contributed by atoms with Gasteiger partial charge in [-0.2, -0.15) is 0 Å². The SMILES string of the molecule is C=C/C(=C\C=C(C)C)C(=O)c1ccc(C)c(C)c1. The topological polar surface area (TPSA) is 17.1 Å². The number of ketones is 1. The maximum Gasteiger partial charge on any atom is 0.193 e. The summed E-state index contributed by atoms with van der Waals surface area (Å²) in [5.41, 5.74) is 4.82. The van der Waals surface area contributed by atoms with Crippen LogP contribution in [0.4, 0.5) is 0 Å². The largest absolute Gasteiger partial charge is 0.289 e. The summed E-state index contributed by atoms with van der Waals surface area (Å²) in [6.45, 7) is 11.8. The molecule has 0 aromatic heterocycles. The number of carbonyl (C=O) groups is 1. The molecule has 1 rings (SSSR count). The quantitative estimate of drug-likeness (QED) is 0.428. The molecule has 0 spiro atoms. The molecule has 18 heavy (non-hydrogen) atoms. The van der Waals surface area contributed by atoms with Gasteiger partial charge in [0.2, 0.25) is 0 Å². The molecule has 1 nitrogen and oxygen atoms in total. The number of hydrogen-bond donors (Lipinski definition) is 0.